The molecule has 1 heterocycles. The number of amides is 3. The highest BCUT2D eigenvalue weighted by Crippen LogP contribution is 2.56. The zero-order chi connectivity index (χ0) is 24.4. The van der Waals surface area contributed by atoms with Crippen molar-refractivity contribution in [2.75, 3.05) is 18.5 Å². The van der Waals surface area contributed by atoms with Gasteiger partial charge in [-0.05, 0) is 68.7 Å². The van der Waals surface area contributed by atoms with Gasteiger partial charge in [0.2, 0.25) is 11.8 Å². The van der Waals surface area contributed by atoms with Crippen molar-refractivity contribution in [1.82, 2.24) is 4.90 Å². The third-order valence-electron chi connectivity index (χ3n) is 7.17. The summed E-state index contributed by atoms with van der Waals surface area (Å²) in [5.74, 6) is -2.54. The summed E-state index contributed by atoms with van der Waals surface area (Å²) in [5, 5.41) is 2.58. The van der Waals surface area contributed by atoms with Crippen LogP contribution in [-0.2, 0) is 28.7 Å². The van der Waals surface area contributed by atoms with Crippen molar-refractivity contribution in [3.8, 4) is 0 Å². The average molecular weight is 471 g/mol. The van der Waals surface area contributed by atoms with Gasteiger partial charge in [-0.3, -0.25) is 19.3 Å². The number of hydrogen-bond acceptors (Lipinski definition) is 7. The Bertz CT molecular complexity index is 961. The first-order chi connectivity index (χ1) is 16.3. The molecule has 1 aromatic rings. The molecule has 0 radical (unpaired) electrons. The number of likely N-dealkylation sites (tertiary alicyclic amines) is 1. The minimum absolute atomic E-state index is 0.232. The Balaban J connectivity index is 1.25. The number of carbonyl (C=O) groups is 5. The average Bonchev–Trinajstić information content (AvgIpc) is 3.51. The Morgan fingerprint density at radius 2 is 1.65 bits per heavy atom. The summed E-state index contributed by atoms with van der Waals surface area (Å²) in [7, 11) is 0. The van der Waals surface area contributed by atoms with E-state index in [2.05, 4.69) is 5.32 Å². The van der Waals surface area contributed by atoms with Crippen molar-refractivity contribution in [2.24, 2.45) is 23.7 Å². The molecule has 1 aromatic carbocycles. The Kier molecular flexibility index (Phi) is 7.00. The number of unbranched alkanes of at least 4 members (excludes halogenated alkanes) is 1. The molecule has 5 atom stereocenters. The molecule has 0 spiro atoms. The number of imide groups is 1. The van der Waals surface area contributed by atoms with Gasteiger partial charge in [0.25, 0.3) is 5.91 Å². The van der Waals surface area contributed by atoms with Crippen LogP contribution in [-0.4, -0.2) is 53.8 Å². The molecule has 1 saturated heterocycles. The highest BCUT2D eigenvalue weighted by atomic mass is 16.5. The quantitative estimate of drug-likeness (QED) is 0.335. The fourth-order valence-electron chi connectivity index (χ4n) is 5.46. The molecule has 9 heteroatoms. The van der Waals surface area contributed by atoms with Gasteiger partial charge in [0.15, 0.2) is 6.61 Å². The lowest BCUT2D eigenvalue weighted by molar-refractivity contribution is -0.159. The Morgan fingerprint density at radius 1 is 1.03 bits per heavy atom. The van der Waals surface area contributed by atoms with Crippen LogP contribution in [0.5, 0.6) is 0 Å². The fourth-order valence-corrected chi connectivity index (χ4v) is 5.46. The van der Waals surface area contributed by atoms with Crippen LogP contribution in [0.25, 0.3) is 0 Å². The Labute approximate surface area is 198 Å². The summed E-state index contributed by atoms with van der Waals surface area (Å²) in [5.41, 5.74) is 0.792. The van der Waals surface area contributed by atoms with E-state index in [1.807, 2.05) is 6.92 Å². The van der Waals surface area contributed by atoms with E-state index in [0.717, 1.165) is 37.0 Å². The maximum atomic E-state index is 12.8. The first kappa shape index (κ1) is 23.9. The number of anilines is 1. The predicted molar refractivity (Wildman–Crippen MR) is 120 cm³/mol. The number of nitrogens with zero attached hydrogens (tertiary/aromatic N) is 1. The summed E-state index contributed by atoms with van der Waals surface area (Å²) in [6.45, 7) is 3.26. The molecule has 2 aliphatic carbocycles. The topological polar surface area (TPSA) is 119 Å². The molecule has 9 nitrogen and oxygen atoms in total. The molecule has 3 aliphatic rings. The molecule has 2 bridgehead atoms. The van der Waals surface area contributed by atoms with Crippen LogP contribution in [0.2, 0.25) is 0 Å². The van der Waals surface area contributed by atoms with Crippen molar-refractivity contribution in [3.05, 3.63) is 29.8 Å². The second kappa shape index (κ2) is 9.95. The highest BCUT2D eigenvalue weighted by Gasteiger charge is 2.62. The number of nitrogens with one attached hydrogen (secondary N) is 1. The van der Waals surface area contributed by atoms with Gasteiger partial charge >= 0.3 is 11.9 Å². The highest BCUT2D eigenvalue weighted by molar-refractivity contribution is 6.08. The molecule has 34 heavy (non-hydrogen) atoms. The molecule has 1 N–H and O–H groups in total. The van der Waals surface area contributed by atoms with Crippen molar-refractivity contribution in [2.45, 2.75) is 52.0 Å². The Hall–Kier alpha value is -3.23. The van der Waals surface area contributed by atoms with Gasteiger partial charge in [-0.15, -0.1) is 0 Å². The number of benzene rings is 1. The number of carbonyl (C=O) groups excluding carboxylic acids is 5. The van der Waals surface area contributed by atoms with E-state index >= 15 is 0 Å². The first-order valence-electron chi connectivity index (χ1n) is 11.9. The van der Waals surface area contributed by atoms with Crippen LogP contribution in [0, 0.1) is 23.7 Å². The summed E-state index contributed by atoms with van der Waals surface area (Å²) in [6, 6.07) is 5.09. The molecule has 0 aromatic heterocycles. The van der Waals surface area contributed by atoms with E-state index < -0.39 is 30.5 Å². The minimum atomic E-state index is -1.07. The number of rotatable bonds is 9. The fraction of sp³-hybridized carbons (Fsp3) is 0.560. The van der Waals surface area contributed by atoms with Gasteiger partial charge in [-0.1, -0.05) is 13.3 Å². The largest absolute Gasteiger partial charge is 0.462 e. The van der Waals surface area contributed by atoms with Gasteiger partial charge in [0.1, 0.15) is 6.04 Å². The smallest absolute Gasteiger partial charge is 0.338 e. The third kappa shape index (κ3) is 4.56. The lowest BCUT2D eigenvalue weighted by Crippen LogP contribution is -2.45. The van der Waals surface area contributed by atoms with Crippen LogP contribution in [0.4, 0.5) is 5.69 Å². The second-order valence-electron chi connectivity index (χ2n) is 9.33. The van der Waals surface area contributed by atoms with Crippen molar-refractivity contribution in [3.63, 3.8) is 0 Å². The maximum absolute atomic E-state index is 12.8. The van der Waals surface area contributed by atoms with Crippen LogP contribution in [0.3, 0.4) is 0 Å². The lowest BCUT2D eigenvalue weighted by Gasteiger charge is -2.23. The van der Waals surface area contributed by atoms with Gasteiger partial charge in [0, 0.05) is 5.69 Å². The molecular weight excluding hydrogens is 440 g/mol. The summed E-state index contributed by atoms with van der Waals surface area (Å²) in [6.07, 6.45) is 4.55. The maximum Gasteiger partial charge on any atom is 0.338 e. The van der Waals surface area contributed by atoms with Gasteiger partial charge in [-0.2, -0.15) is 0 Å². The van der Waals surface area contributed by atoms with Crippen LogP contribution in [0.15, 0.2) is 24.3 Å². The van der Waals surface area contributed by atoms with E-state index in [1.54, 1.807) is 12.1 Å². The zero-order valence-electron chi connectivity index (χ0n) is 19.5. The molecule has 4 rings (SSSR count). The zero-order valence-corrected chi connectivity index (χ0v) is 19.5. The number of fused-ring (bicyclic) bond motifs is 5. The van der Waals surface area contributed by atoms with Gasteiger partial charge < -0.3 is 14.8 Å². The number of esters is 2. The summed E-state index contributed by atoms with van der Waals surface area (Å²) < 4.78 is 10.2. The number of hydrogen-bond donors (Lipinski definition) is 1. The van der Waals surface area contributed by atoms with Crippen LogP contribution in [0.1, 0.15) is 56.3 Å². The molecule has 2 saturated carbocycles. The van der Waals surface area contributed by atoms with Crippen molar-refractivity contribution in [1.29, 1.82) is 0 Å². The lowest BCUT2D eigenvalue weighted by atomic mass is 9.81. The van der Waals surface area contributed by atoms with Crippen LogP contribution < -0.4 is 5.32 Å². The third-order valence-corrected chi connectivity index (χ3v) is 7.17. The summed E-state index contributed by atoms with van der Waals surface area (Å²) in [4.78, 5) is 63.4. The second-order valence-corrected chi connectivity index (χ2v) is 9.33. The number of ether oxygens (including phenoxy) is 2. The predicted octanol–water partition coefficient (Wildman–Crippen LogP) is 2.54. The molecular formula is C25H30N2O7. The first-order valence-corrected chi connectivity index (χ1v) is 11.9. The molecule has 3 amide bonds. The SMILES string of the molecule is CCCCOC(=O)c1ccc(NC(=O)COC(=O)[C@H](C)N2C(=O)[C@H]3[C@H]4CC[C@@H](C4)[C@@H]3C2=O)cc1. The Morgan fingerprint density at radius 3 is 2.24 bits per heavy atom. The molecule has 0 unspecified atom stereocenters. The van der Waals surface area contributed by atoms with Crippen molar-refractivity contribution >= 4 is 35.3 Å². The normalized spacial score (nSPS) is 25.8. The minimum Gasteiger partial charge on any atom is -0.462 e. The summed E-state index contributed by atoms with van der Waals surface area (Å²) >= 11 is 0. The molecule has 3 fully saturated rings. The van der Waals surface area contributed by atoms with Crippen molar-refractivity contribution < 1.29 is 33.4 Å². The standard InChI is InChI=1S/C25H30N2O7/c1-3-4-11-33-25(32)15-7-9-18(10-8-15)26-19(28)13-34-24(31)14(2)27-22(29)20-16-5-6-17(12-16)21(20)23(27)30/h7-10,14,16-17,20-21H,3-6,11-13H2,1-2H3,(H,26,28)/t14-,16-,17-,20-,21-/m0/s1. The monoisotopic (exact) mass is 470 g/mol. The van der Waals surface area contributed by atoms with Gasteiger partial charge in [-0.25, -0.2) is 9.59 Å². The molecule has 182 valence electrons. The molecule has 1 aliphatic heterocycles. The van der Waals surface area contributed by atoms with Gasteiger partial charge in [0.05, 0.1) is 24.0 Å². The van der Waals surface area contributed by atoms with E-state index in [-0.39, 0.29) is 35.5 Å². The van der Waals surface area contributed by atoms with E-state index in [1.165, 1.54) is 19.1 Å². The van der Waals surface area contributed by atoms with E-state index in [9.17, 15) is 24.0 Å². The van der Waals surface area contributed by atoms with E-state index in [0.29, 0.717) is 17.9 Å². The van der Waals surface area contributed by atoms with Crippen LogP contribution >= 0.6 is 0 Å². The van der Waals surface area contributed by atoms with E-state index in [4.69, 9.17) is 9.47 Å².